The van der Waals surface area contributed by atoms with Gasteiger partial charge in [0.15, 0.2) is 0 Å². The number of amides is 2. The van der Waals surface area contributed by atoms with Gasteiger partial charge in [-0.1, -0.05) is 0 Å². The number of rotatable bonds is 4. The van der Waals surface area contributed by atoms with Crippen LogP contribution in [-0.4, -0.2) is 30.8 Å². The fraction of sp³-hybridized carbons (Fsp3) is 0.714. The first-order chi connectivity index (χ1) is 5.93. The molecular weight excluding hydrogens is 182 g/mol. The topological polar surface area (TPSA) is 58.2 Å². The number of alkyl halides is 2. The normalized spacial score (nSPS) is 10.3. The molecule has 0 aromatic carbocycles. The molecule has 0 rings (SSSR count). The van der Waals surface area contributed by atoms with E-state index >= 15 is 0 Å². The largest absolute Gasteiger partial charge is 0.352 e. The van der Waals surface area contributed by atoms with Gasteiger partial charge in [0.1, 0.15) is 0 Å². The van der Waals surface area contributed by atoms with Gasteiger partial charge >= 0.3 is 6.43 Å². The van der Waals surface area contributed by atoms with Crippen molar-refractivity contribution in [3.05, 3.63) is 0 Å². The van der Waals surface area contributed by atoms with Gasteiger partial charge in [0.05, 0.1) is 6.54 Å². The highest BCUT2D eigenvalue weighted by atomic mass is 19.3. The summed E-state index contributed by atoms with van der Waals surface area (Å²) >= 11 is 0. The molecule has 4 nitrogen and oxygen atoms in total. The van der Waals surface area contributed by atoms with E-state index in [2.05, 4.69) is 5.32 Å². The molecule has 0 fully saturated rings. The van der Waals surface area contributed by atoms with E-state index in [1.165, 1.54) is 0 Å². The molecule has 0 saturated heterocycles. The summed E-state index contributed by atoms with van der Waals surface area (Å²) < 4.78 is 23.2. The number of carbonyl (C=O) groups excluding carboxylic acids is 2. The molecule has 0 bridgehead atoms. The van der Waals surface area contributed by atoms with Crippen molar-refractivity contribution in [3.8, 4) is 0 Å². The first kappa shape index (κ1) is 11.8. The van der Waals surface area contributed by atoms with Gasteiger partial charge in [-0.15, -0.1) is 0 Å². The van der Waals surface area contributed by atoms with Gasteiger partial charge in [-0.25, -0.2) is 0 Å². The Morgan fingerprint density at radius 3 is 2.23 bits per heavy atom. The van der Waals surface area contributed by atoms with E-state index in [1.807, 2.05) is 0 Å². The van der Waals surface area contributed by atoms with Crippen LogP contribution in [0.1, 0.15) is 13.8 Å². The lowest BCUT2D eigenvalue weighted by Gasteiger charge is -2.08. The molecule has 0 aromatic rings. The second kappa shape index (κ2) is 5.45. The van der Waals surface area contributed by atoms with Crippen LogP contribution in [0.15, 0.2) is 0 Å². The molecule has 0 heterocycles. The number of nitrogens with one attached hydrogen (secondary N) is 2. The summed E-state index contributed by atoms with van der Waals surface area (Å²) in [6.07, 6.45) is -3.08. The Balaban J connectivity index is 3.64. The van der Waals surface area contributed by atoms with Gasteiger partial charge in [0, 0.05) is 6.04 Å². The Labute approximate surface area is 74.7 Å². The molecular formula is C7H12F2N2O2. The summed E-state index contributed by atoms with van der Waals surface area (Å²) in [5.41, 5.74) is 0. The lowest BCUT2D eigenvalue weighted by atomic mass is 10.4. The third-order valence-corrected chi connectivity index (χ3v) is 1.07. The highest BCUT2D eigenvalue weighted by molar-refractivity contribution is 5.86. The predicted molar refractivity (Wildman–Crippen MR) is 42.3 cm³/mol. The molecule has 2 amide bonds. The van der Waals surface area contributed by atoms with Gasteiger partial charge in [-0.3, -0.25) is 9.59 Å². The standard InChI is InChI=1S/C7H12F2N2O2/c1-4(2)11-5(12)3-10-7(13)6(8)9/h4,6H,3H2,1-2H3,(H,10,13)(H,11,12). The zero-order chi connectivity index (χ0) is 10.4. The van der Waals surface area contributed by atoms with Crippen molar-refractivity contribution >= 4 is 11.8 Å². The number of hydrogen-bond acceptors (Lipinski definition) is 2. The fourth-order valence-corrected chi connectivity index (χ4v) is 0.618. The van der Waals surface area contributed by atoms with Crippen LogP contribution in [0.5, 0.6) is 0 Å². The molecule has 2 N–H and O–H groups in total. The first-order valence-corrected chi connectivity index (χ1v) is 3.78. The summed E-state index contributed by atoms with van der Waals surface area (Å²) in [5.74, 6) is -1.91. The molecule has 0 aliphatic carbocycles. The minimum Gasteiger partial charge on any atom is -0.352 e. The lowest BCUT2D eigenvalue weighted by Crippen LogP contribution is -2.41. The average Bonchev–Trinajstić information content (AvgIpc) is 1.98. The number of hydrogen-bond donors (Lipinski definition) is 2. The second-order valence-electron chi connectivity index (χ2n) is 2.74. The van der Waals surface area contributed by atoms with Gasteiger partial charge in [0.25, 0.3) is 5.91 Å². The van der Waals surface area contributed by atoms with E-state index in [1.54, 1.807) is 19.2 Å². The summed E-state index contributed by atoms with van der Waals surface area (Å²) in [7, 11) is 0. The molecule has 6 heteroatoms. The zero-order valence-corrected chi connectivity index (χ0v) is 7.43. The highest BCUT2D eigenvalue weighted by Gasteiger charge is 2.15. The molecule has 0 atom stereocenters. The van der Waals surface area contributed by atoms with E-state index in [0.717, 1.165) is 0 Å². The van der Waals surface area contributed by atoms with Crippen molar-refractivity contribution in [2.75, 3.05) is 6.54 Å². The van der Waals surface area contributed by atoms with Crippen molar-refractivity contribution in [2.24, 2.45) is 0 Å². The van der Waals surface area contributed by atoms with Crippen LogP contribution in [0.25, 0.3) is 0 Å². The third kappa shape index (κ3) is 6.01. The Kier molecular flexibility index (Phi) is 4.94. The second-order valence-corrected chi connectivity index (χ2v) is 2.74. The van der Waals surface area contributed by atoms with Crippen LogP contribution < -0.4 is 10.6 Å². The smallest absolute Gasteiger partial charge is 0.315 e. The van der Waals surface area contributed by atoms with Crippen LogP contribution >= 0.6 is 0 Å². The van der Waals surface area contributed by atoms with E-state index < -0.39 is 24.8 Å². The summed E-state index contributed by atoms with van der Waals surface area (Å²) in [6, 6.07) is -0.0732. The molecule has 0 unspecified atom stereocenters. The van der Waals surface area contributed by atoms with Gasteiger partial charge in [0.2, 0.25) is 5.91 Å². The van der Waals surface area contributed by atoms with Crippen molar-refractivity contribution < 1.29 is 18.4 Å². The van der Waals surface area contributed by atoms with Gasteiger partial charge in [-0.05, 0) is 13.8 Å². The maximum atomic E-state index is 11.6. The Morgan fingerprint density at radius 2 is 1.85 bits per heavy atom. The Hall–Kier alpha value is -1.20. The van der Waals surface area contributed by atoms with Crippen molar-refractivity contribution in [3.63, 3.8) is 0 Å². The summed E-state index contributed by atoms with van der Waals surface area (Å²) in [6.45, 7) is 3.04. The van der Waals surface area contributed by atoms with E-state index in [-0.39, 0.29) is 6.04 Å². The third-order valence-electron chi connectivity index (χ3n) is 1.07. The highest BCUT2D eigenvalue weighted by Crippen LogP contribution is 1.89. The minimum absolute atomic E-state index is 0.0732. The molecule has 0 aromatic heterocycles. The Bertz CT molecular complexity index is 195. The average molecular weight is 194 g/mol. The monoisotopic (exact) mass is 194 g/mol. The molecule has 0 aliphatic heterocycles. The number of halogens is 2. The van der Waals surface area contributed by atoms with Crippen LogP contribution in [0.2, 0.25) is 0 Å². The quantitative estimate of drug-likeness (QED) is 0.656. The summed E-state index contributed by atoms with van der Waals surface area (Å²) in [5, 5.41) is 4.22. The predicted octanol–water partition coefficient (Wildman–Crippen LogP) is -0.108. The van der Waals surface area contributed by atoms with Crippen LogP contribution in [-0.2, 0) is 9.59 Å². The zero-order valence-electron chi connectivity index (χ0n) is 7.43. The van der Waals surface area contributed by atoms with E-state index in [0.29, 0.717) is 0 Å². The van der Waals surface area contributed by atoms with E-state index in [4.69, 9.17) is 0 Å². The first-order valence-electron chi connectivity index (χ1n) is 3.78. The van der Waals surface area contributed by atoms with Crippen LogP contribution in [0.4, 0.5) is 8.78 Å². The van der Waals surface area contributed by atoms with E-state index in [9.17, 15) is 18.4 Å². The fourth-order valence-electron chi connectivity index (χ4n) is 0.618. The molecule has 76 valence electrons. The van der Waals surface area contributed by atoms with Gasteiger partial charge < -0.3 is 10.6 Å². The minimum atomic E-state index is -3.08. The van der Waals surface area contributed by atoms with Crippen molar-refractivity contribution in [1.29, 1.82) is 0 Å². The SMILES string of the molecule is CC(C)NC(=O)CNC(=O)C(F)F. The maximum absolute atomic E-state index is 11.6. The van der Waals surface area contributed by atoms with Crippen molar-refractivity contribution in [2.45, 2.75) is 26.3 Å². The number of carbonyl (C=O) groups is 2. The lowest BCUT2D eigenvalue weighted by molar-refractivity contribution is -0.133. The summed E-state index contributed by atoms with van der Waals surface area (Å²) in [4.78, 5) is 21.1. The Morgan fingerprint density at radius 1 is 1.31 bits per heavy atom. The maximum Gasteiger partial charge on any atom is 0.315 e. The van der Waals surface area contributed by atoms with Crippen LogP contribution in [0.3, 0.4) is 0 Å². The molecule has 0 saturated carbocycles. The van der Waals surface area contributed by atoms with Crippen LogP contribution in [0, 0.1) is 0 Å². The van der Waals surface area contributed by atoms with Crippen molar-refractivity contribution in [1.82, 2.24) is 10.6 Å². The molecule has 0 spiro atoms. The molecule has 0 radical (unpaired) electrons. The molecule has 13 heavy (non-hydrogen) atoms. The molecule has 0 aliphatic rings. The van der Waals surface area contributed by atoms with Gasteiger partial charge in [-0.2, -0.15) is 8.78 Å².